The van der Waals surface area contributed by atoms with E-state index in [2.05, 4.69) is 49.3 Å². The number of ether oxygens (including phenoxy) is 1. The van der Waals surface area contributed by atoms with E-state index in [1.807, 2.05) is 11.0 Å². The number of aliphatic hydroxyl groups excluding tert-OH is 1. The van der Waals surface area contributed by atoms with Crippen molar-refractivity contribution in [2.75, 3.05) is 32.8 Å². The molecule has 1 aliphatic heterocycles. The molecule has 0 unspecified atom stereocenters. The second kappa shape index (κ2) is 10.4. The van der Waals surface area contributed by atoms with Crippen molar-refractivity contribution < 1.29 is 14.6 Å². The van der Waals surface area contributed by atoms with Gasteiger partial charge >= 0.3 is 0 Å². The van der Waals surface area contributed by atoms with Gasteiger partial charge in [-0.25, -0.2) is 0 Å². The Kier molecular flexibility index (Phi) is 7.92. The molecule has 6 heteroatoms. The Morgan fingerprint density at radius 3 is 2.87 bits per heavy atom. The molecule has 5 nitrogen and oxygen atoms in total. The number of benzene rings is 1. The van der Waals surface area contributed by atoms with Crippen molar-refractivity contribution in [3.8, 4) is 5.75 Å². The zero-order chi connectivity index (χ0) is 21.7. The standard InChI is InChI=1S/C24H34N2O3S/c1-5-10-25(14-19(4)27)15-24(28)26-11-8-23-20(9-12-30-23)21(26)16-29-22-7-6-17(2)13-18(22)3/h6-7,9,12-13,19,21,27H,5,8,10-11,14-16H2,1-4H3/t19-,21+/m0/s1. The van der Waals surface area contributed by atoms with E-state index in [1.165, 1.54) is 16.0 Å². The van der Waals surface area contributed by atoms with Gasteiger partial charge in [-0.3, -0.25) is 9.69 Å². The number of rotatable bonds is 9. The van der Waals surface area contributed by atoms with E-state index in [4.69, 9.17) is 4.74 Å². The molecule has 2 aromatic rings. The second-order valence-corrected chi connectivity index (χ2v) is 9.32. The normalized spacial score (nSPS) is 17.1. The molecule has 30 heavy (non-hydrogen) atoms. The third-order valence-corrected chi connectivity index (χ3v) is 6.56. The first-order valence-corrected chi connectivity index (χ1v) is 11.7. The molecule has 1 amide bonds. The molecule has 1 aromatic carbocycles. The summed E-state index contributed by atoms with van der Waals surface area (Å²) in [5, 5.41) is 11.9. The van der Waals surface area contributed by atoms with Crippen LogP contribution in [0.25, 0.3) is 0 Å². The Balaban J connectivity index is 1.75. The van der Waals surface area contributed by atoms with Crippen molar-refractivity contribution in [2.24, 2.45) is 0 Å². The number of hydrogen-bond acceptors (Lipinski definition) is 5. The van der Waals surface area contributed by atoms with Gasteiger partial charge in [0.25, 0.3) is 0 Å². The first kappa shape index (κ1) is 22.8. The van der Waals surface area contributed by atoms with Gasteiger partial charge in [-0.15, -0.1) is 11.3 Å². The lowest BCUT2D eigenvalue weighted by Gasteiger charge is -2.37. The number of amides is 1. The molecule has 2 atom stereocenters. The third kappa shape index (κ3) is 5.62. The number of nitrogens with zero attached hydrogens (tertiary/aromatic N) is 2. The van der Waals surface area contributed by atoms with Crippen LogP contribution in [0, 0.1) is 13.8 Å². The lowest BCUT2D eigenvalue weighted by molar-refractivity contribution is -0.136. The van der Waals surface area contributed by atoms with E-state index in [0.717, 1.165) is 30.7 Å². The van der Waals surface area contributed by atoms with E-state index >= 15 is 0 Å². The summed E-state index contributed by atoms with van der Waals surface area (Å²) in [4.78, 5) is 18.7. The molecule has 0 bridgehead atoms. The molecule has 2 heterocycles. The number of thiophene rings is 1. The molecular formula is C24H34N2O3S. The Morgan fingerprint density at radius 1 is 1.37 bits per heavy atom. The molecule has 1 aliphatic rings. The fraction of sp³-hybridized carbons (Fsp3) is 0.542. The maximum Gasteiger partial charge on any atom is 0.237 e. The molecule has 164 valence electrons. The summed E-state index contributed by atoms with van der Waals surface area (Å²) in [5.74, 6) is 0.979. The largest absolute Gasteiger partial charge is 0.491 e. The Hall–Kier alpha value is -1.89. The number of hydrogen-bond donors (Lipinski definition) is 1. The van der Waals surface area contributed by atoms with Crippen molar-refractivity contribution in [1.29, 1.82) is 0 Å². The predicted molar refractivity (Wildman–Crippen MR) is 122 cm³/mol. The highest BCUT2D eigenvalue weighted by atomic mass is 32.1. The summed E-state index contributed by atoms with van der Waals surface area (Å²) in [6.07, 6.45) is 1.40. The van der Waals surface area contributed by atoms with E-state index in [-0.39, 0.29) is 11.9 Å². The lowest BCUT2D eigenvalue weighted by atomic mass is 10.00. The van der Waals surface area contributed by atoms with Crippen LogP contribution in [0.2, 0.25) is 0 Å². The van der Waals surface area contributed by atoms with Crippen molar-refractivity contribution >= 4 is 17.2 Å². The number of aryl methyl sites for hydroxylation is 2. The van der Waals surface area contributed by atoms with Crippen LogP contribution in [0.4, 0.5) is 0 Å². The van der Waals surface area contributed by atoms with Crippen molar-refractivity contribution in [3.05, 3.63) is 51.2 Å². The maximum atomic E-state index is 13.3. The summed E-state index contributed by atoms with van der Waals surface area (Å²) >= 11 is 1.76. The quantitative estimate of drug-likeness (QED) is 0.654. The van der Waals surface area contributed by atoms with E-state index in [9.17, 15) is 9.90 Å². The molecule has 0 saturated heterocycles. The summed E-state index contributed by atoms with van der Waals surface area (Å²) in [6, 6.07) is 8.24. The van der Waals surface area contributed by atoms with Gasteiger partial charge in [0.05, 0.1) is 18.7 Å². The molecule has 1 N–H and O–H groups in total. The van der Waals surface area contributed by atoms with Gasteiger partial charge in [-0.05, 0) is 68.8 Å². The molecule has 1 aromatic heterocycles. The highest BCUT2D eigenvalue weighted by Crippen LogP contribution is 2.34. The van der Waals surface area contributed by atoms with E-state index in [1.54, 1.807) is 18.3 Å². The minimum Gasteiger partial charge on any atom is -0.491 e. The van der Waals surface area contributed by atoms with Crippen molar-refractivity contribution in [2.45, 2.75) is 52.7 Å². The number of aliphatic hydroxyl groups is 1. The van der Waals surface area contributed by atoms with Crippen LogP contribution in [-0.4, -0.2) is 59.7 Å². The van der Waals surface area contributed by atoms with Crippen LogP contribution in [0.5, 0.6) is 5.75 Å². The number of carbonyl (C=O) groups excluding carboxylic acids is 1. The van der Waals surface area contributed by atoms with Crippen LogP contribution in [-0.2, 0) is 11.2 Å². The number of fused-ring (bicyclic) bond motifs is 1. The SMILES string of the molecule is CCCN(CC(=O)N1CCc2sccc2[C@H]1COc1ccc(C)cc1C)C[C@H](C)O. The molecule has 0 aliphatic carbocycles. The van der Waals surface area contributed by atoms with E-state index < -0.39 is 6.10 Å². The van der Waals surface area contributed by atoms with Gasteiger partial charge in [0.2, 0.25) is 5.91 Å². The van der Waals surface area contributed by atoms with Crippen molar-refractivity contribution in [1.82, 2.24) is 9.80 Å². The minimum atomic E-state index is -0.446. The van der Waals surface area contributed by atoms with Crippen molar-refractivity contribution in [3.63, 3.8) is 0 Å². The van der Waals surface area contributed by atoms with Gasteiger partial charge in [0.1, 0.15) is 12.4 Å². The summed E-state index contributed by atoms with van der Waals surface area (Å²) < 4.78 is 6.21. The summed E-state index contributed by atoms with van der Waals surface area (Å²) in [5.41, 5.74) is 3.53. The average molecular weight is 431 g/mol. The highest BCUT2D eigenvalue weighted by molar-refractivity contribution is 7.10. The first-order chi connectivity index (χ1) is 14.4. The predicted octanol–water partition coefficient (Wildman–Crippen LogP) is 3.96. The molecule has 0 fully saturated rings. The Labute approximate surface area is 184 Å². The van der Waals surface area contributed by atoms with Gasteiger partial charge in [0.15, 0.2) is 0 Å². The first-order valence-electron chi connectivity index (χ1n) is 10.8. The zero-order valence-electron chi connectivity index (χ0n) is 18.6. The van der Waals surface area contributed by atoms with Crippen LogP contribution in [0.3, 0.4) is 0 Å². The van der Waals surface area contributed by atoms with Crippen LogP contribution < -0.4 is 4.74 Å². The maximum absolute atomic E-state index is 13.3. The smallest absolute Gasteiger partial charge is 0.237 e. The van der Waals surface area contributed by atoms with Crippen LogP contribution in [0.1, 0.15) is 47.9 Å². The Morgan fingerprint density at radius 2 is 2.17 bits per heavy atom. The fourth-order valence-electron chi connectivity index (χ4n) is 4.21. The average Bonchev–Trinajstić information content (AvgIpc) is 3.15. The van der Waals surface area contributed by atoms with E-state index in [0.29, 0.717) is 26.2 Å². The molecule has 0 radical (unpaired) electrons. The highest BCUT2D eigenvalue weighted by Gasteiger charge is 2.33. The minimum absolute atomic E-state index is 0.0803. The van der Waals surface area contributed by atoms with Gasteiger partial charge in [-0.2, -0.15) is 0 Å². The molecule has 3 rings (SSSR count). The van der Waals surface area contributed by atoms with Crippen LogP contribution in [0.15, 0.2) is 29.6 Å². The van der Waals surface area contributed by atoms with Crippen LogP contribution >= 0.6 is 11.3 Å². The zero-order valence-corrected chi connectivity index (χ0v) is 19.4. The molecule has 0 saturated carbocycles. The summed E-state index contributed by atoms with van der Waals surface area (Å²) in [7, 11) is 0. The van der Waals surface area contributed by atoms with Gasteiger partial charge < -0.3 is 14.7 Å². The fourth-order valence-corrected chi connectivity index (χ4v) is 5.14. The monoisotopic (exact) mass is 430 g/mol. The lowest BCUT2D eigenvalue weighted by Crippen LogP contribution is -2.47. The second-order valence-electron chi connectivity index (χ2n) is 8.32. The summed E-state index contributed by atoms with van der Waals surface area (Å²) in [6.45, 7) is 10.8. The topological polar surface area (TPSA) is 53.0 Å². The number of carbonyl (C=O) groups is 1. The third-order valence-electron chi connectivity index (χ3n) is 5.56. The molecule has 0 spiro atoms. The Bertz CT molecular complexity index is 849. The van der Waals surface area contributed by atoms with Gasteiger partial charge in [-0.1, -0.05) is 24.6 Å². The molecular weight excluding hydrogens is 396 g/mol. The van der Waals surface area contributed by atoms with Gasteiger partial charge in [0, 0.05) is 18.0 Å².